The van der Waals surface area contributed by atoms with Crippen LogP contribution in [0.2, 0.25) is 0 Å². The van der Waals surface area contributed by atoms with E-state index < -0.39 is 0 Å². The molecule has 1 rings (SSSR count). The molecule has 78 valence electrons. The second kappa shape index (κ2) is 4.40. The molecule has 0 bridgehead atoms. The molecule has 3 nitrogen and oxygen atoms in total. The van der Waals surface area contributed by atoms with E-state index in [1.165, 1.54) is 0 Å². The first-order valence-electron chi connectivity index (χ1n) is 5.01. The van der Waals surface area contributed by atoms with E-state index in [0.29, 0.717) is 5.41 Å². The predicted molar refractivity (Wildman–Crippen MR) is 59.4 cm³/mol. The summed E-state index contributed by atoms with van der Waals surface area (Å²) in [5.41, 5.74) is 0.346. The molecule has 1 N–H and O–H groups in total. The molecule has 0 spiro atoms. The van der Waals surface area contributed by atoms with Crippen molar-refractivity contribution in [1.29, 1.82) is 0 Å². The van der Waals surface area contributed by atoms with Crippen molar-refractivity contribution in [3.05, 3.63) is 18.1 Å². The highest BCUT2D eigenvalue weighted by atomic mass is 15.0. The molecular weight excluding hydrogens is 174 g/mol. The van der Waals surface area contributed by atoms with E-state index in [-0.39, 0.29) is 0 Å². The Morgan fingerprint density at radius 3 is 2.64 bits per heavy atom. The average Bonchev–Trinajstić information content (AvgIpc) is 2.14. The number of anilines is 1. The maximum atomic E-state index is 4.37. The summed E-state index contributed by atoms with van der Waals surface area (Å²) in [5, 5.41) is 3.01. The second-order valence-electron chi connectivity index (χ2n) is 4.67. The largest absolute Gasteiger partial charge is 0.373 e. The number of hydrogen-bond donors (Lipinski definition) is 1. The Labute approximate surface area is 86.0 Å². The van der Waals surface area contributed by atoms with Gasteiger partial charge >= 0.3 is 0 Å². The van der Waals surface area contributed by atoms with Gasteiger partial charge in [0.1, 0.15) is 11.6 Å². The normalized spacial score (nSPS) is 11.4. The van der Waals surface area contributed by atoms with E-state index in [1.807, 2.05) is 13.1 Å². The highest BCUT2D eigenvalue weighted by Gasteiger charge is 2.11. The van der Waals surface area contributed by atoms with Gasteiger partial charge in [-0.25, -0.2) is 9.97 Å². The van der Waals surface area contributed by atoms with Crippen LogP contribution in [0.4, 0.5) is 5.82 Å². The molecule has 0 aliphatic heterocycles. The summed E-state index contributed by atoms with van der Waals surface area (Å²) in [6.07, 6.45) is 3.86. The van der Waals surface area contributed by atoms with Gasteiger partial charge in [0.25, 0.3) is 0 Å². The van der Waals surface area contributed by atoms with E-state index in [4.69, 9.17) is 0 Å². The maximum Gasteiger partial charge on any atom is 0.130 e. The third kappa shape index (κ3) is 3.73. The van der Waals surface area contributed by atoms with Gasteiger partial charge in [-0.3, -0.25) is 0 Å². The van der Waals surface area contributed by atoms with E-state index in [0.717, 1.165) is 24.5 Å². The molecule has 0 radical (unpaired) electrons. The molecule has 0 atom stereocenters. The van der Waals surface area contributed by atoms with Crippen LogP contribution in [0, 0.1) is 5.41 Å². The van der Waals surface area contributed by atoms with Gasteiger partial charge in [-0.15, -0.1) is 0 Å². The van der Waals surface area contributed by atoms with Gasteiger partial charge in [0.2, 0.25) is 0 Å². The van der Waals surface area contributed by atoms with Crippen molar-refractivity contribution in [2.75, 3.05) is 12.4 Å². The first kappa shape index (κ1) is 11.0. The standard InChI is InChI=1S/C11H19N3/c1-11(2,3)7-5-10-13-8-6-9(12-4)14-10/h6,8H,5,7H2,1-4H3,(H,12,13,14). The van der Waals surface area contributed by atoms with Crippen LogP contribution < -0.4 is 5.32 Å². The quantitative estimate of drug-likeness (QED) is 0.801. The molecule has 0 unspecified atom stereocenters. The summed E-state index contributed by atoms with van der Waals surface area (Å²) in [4.78, 5) is 8.61. The summed E-state index contributed by atoms with van der Waals surface area (Å²) in [6, 6.07) is 1.88. The number of aryl methyl sites for hydroxylation is 1. The maximum absolute atomic E-state index is 4.37. The minimum absolute atomic E-state index is 0.346. The van der Waals surface area contributed by atoms with Crippen LogP contribution in [0.15, 0.2) is 12.3 Å². The van der Waals surface area contributed by atoms with E-state index in [1.54, 1.807) is 6.20 Å². The summed E-state index contributed by atoms with van der Waals surface area (Å²) in [5.74, 6) is 1.82. The van der Waals surface area contributed by atoms with Gasteiger partial charge in [-0.2, -0.15) is 0 Å². The van der Waals surface area contributed by atoms with E-state index in [9.17, 15) is 0 Å². The lowest BCUT2D eigenvalue weighted by Crippen LogP contribution is -2.08. The van der Waals surface area contributed by atoms with Crippen LogP contribution >= 0.6 is 0 Å². The molecule has 0 saturated heterocycles. The number of rotatable bonds is 3. The molecule has 0 amide bonds. The van der Waals surface area contributed by atoms with Gasteiger partial charge in [-0.1, -0.05) is 20.8 Å². The summed E-state index contributed by atoms with van der Waals surface area (Å²) < 4.78 is 0. The molecule has 0 fully saturated rings. The minimum atomic E-state index is 0.346. The predicted octanol–water partition coefficient (Wildman–Crippen LogP) is 2.50. The van der Waals surface area contributed by atoms with Crippen LogP contribution in [0.25, 0.3) is 0 Å². The minimum Gasteiger partial charge on any atom is -0.373 e. The third-order valence-electron chi connectivity index (χ3n) is 2.06. The van der Waals surface area contributed by atoms with Crippen LogP contribution in [-0.2, 0) is 6.42 Å². The van der Waals surface area contributed by atoms with Crippen LogP contribution in [-0.4, -0.2) is 17.0 Å². The molecule has 1 heterocycles. The Morgan fingerprint density at radius 1 is 1.36 bits per heavy atom. The Kier molecular flexibility index (Phi) is 3.44. The van der Waals surface area contributed by atoms with Crippen LogP contribution in [0.5, 0.6) is 0 Å². The third-order valence-corrected chi connectivity index (χ3v) is 2.06. The van der Waals surface area contributed by atoms with Gasteiger partial charge in [0, 0.05) is 19.7 Å². The van der Waals surface area contributed by atoms with Crippen molar-refractivity contribution in [1.82, 2.24) is 9.97 Å². The van der Waals surface area contributed by atoms with Crippen molar-refractivity contribution < 1.29 is 0 Å². The lowest BCUT2D eigenvalue weighted by atomic mass is 9.90. The van der Waals surface area contributed by atoms with Gasteiger partial charge in [0.15, 0.2) is 0 Å². The molecule has 3 heteroatoms. The first-order valence-corrected chi connectivity index (χ1v) is 5.01. The van der Waals surface area contributed by atoms with Gasteiger partial charge in [0.05, 0.1) is 0 Å². The zero-order valence-corrected chi connectivity index (χ0v) is 9.46. The van der Waals surface area contributed by atoms with Crippen molar-refractivity contribution in [2.24, 2.45) is 5.41 Å². The fourth-order valence-electron chi connectivity index (χ4n) is 1.15. The lowest BCUT2D eigenvalue weighted by Gasteiger charge is -2.16. The van der Waals surface area contributed by atoms with Gasteiger partial charge in [-0.05, 0) is 17.9 Å². The smallest absolute Gasteiger partial charge is 0.130 e. The van der Waals surface area contributed by atoms with Crippen LogP contribution in [0.3, 0.4) is 0 Å². The Bertz CT molecular complexity index is 289. The number of aromatic nitrogens is 2. The van der Waals surface area contributed by atoms with Gasteiger partial charge < -0.3 is 5.32 Å². The zero-order chi connectivity index (χ0) is 10.6. The lowest BCUT2D eigenvalue weighted by molar-refractivity contribution is 0.374. The monoisotopic (exact) mass is 193 g/mol. The number of nitrogens with one attached hydrogen (secondary N) is 1. The van der Waals surface area contributed by atoms with Crippen LogP contribution in [0.1, 0.15) is 33.0 Å². The van der Waals surface area contributed by atoms with Crippen molar-refractivity contribution >= 4 is 5.82 Å². The first-order chi connectivity index (χ1) is 6.51. The molecule has 14 heavy (non-hydrogen) atoms. The molecule has 0 aromatic carbocycles. The number of hydrogen-bond acceptors (Lipinski definition) is 3. The summed E-state index contributed by atoms with van der Waals surface area (Å²) in [7, 11) is 1.87. The molecule has 0 saturated carbocycles. The molecule has 0 aliphatic carbocycles. The molecule has 1 aromatic rings. The fourth-order valence-corrected chi connectivity index (χ4v) is 1.15. The molecule has 0 aliphatic rings. The highest BCUT2D eigenvalue weighted by Crippen LogP contribution is 2.20. The highest BCUT2D eigenvalue weighted by molar-refractivity contribution is 5.31. The Hall–Kier alpha value is -1.12. The molecule has 1 aromatic heterocycles. The fraction of sp³-hybridized carbons (Fsp3) is 0.636. The van der Waals surface area contributed by atoms with E-state index >= 15 is 0 Å². The zero-order valence-electron chi connectivity index (χ0n) is 9.46. The Morgan fingerprint density at radius 2 is 2.07 bits per heavy atom. The SMILES string of the molecule is CNc1ccnc(CCC(C)(C)C)n1. The number of nitrogens with zero attached hydrogens (tertiary/aromatic N) is 2. The van der Waals surface area contributed by atoms with Crippen molar-refractivity contribution in [3.63, 3.8) is 0 Å². The molecular formula is C11H19N3. The second-order valence-corrected chi connectivity index (χ2v) is 4.67. The van der Waals surface area contributed by atoms with Crippen molar-refractivity contribution in [2.45, 2.75) is 33.6 Å². The average molecular weight is 193 g/mol. The van der Waals surface area contributed by atoms with Crippen molar-refractivity contribution in [3.8, 4) is 0 Å². The Balaban J connectivity index is 2.59. The summed E-state index contributed by atoms with van der Waals surface area (Å²) >= 11 is 0. The summed E-state index contributed by atoms with van der Waals surface area (Å²) in [6.45, 7) is 6.69. The van der Waals surface area contributed by atoms with E-state index in [2.05, 4.69) is 36.1 Å². The topological polar surface area (TPSA) is 37.8 Å².